The minimum Gasteiger partial charge on any atom is -0.335 e. The lowest BCUT2D eigenvalue weighted by molar-refractivity contribution is 0.147. The quantitative estimate of drug-likeness (QED) is 0.798. The molecule has 0 atom stereocenters. The molecule has 5 heteroatoms. The van der Waals surface area contributed by atoms with Crippen molar-refractivity contribution < 1.29 is 4.79 Å². The lowest BCUT2D eigenvalue weighted by Crippen LogP contribution is -2.62. The summed E-state index contributed by atoms with van der Waals surface area (Å²) in [6.45, 7) is 9.12. The summed E-state index contributed by atoms with van der Waals surface area (Å²) in [7, 11) is 0. The molecule has 0 radical (unpaired) electrons. The number of carbonyl (C=O) groups is 1. The van der Waals surface area contributed by atoms with E-state index in [4.69, 9.17) is 11.6 Å². The normalized spacial score (nSPS) is 20.4. The van der Waals surface area contributed by atoms with Crippen LogP contribution < -0.4 is 16.0 Å². The smallest absolute Gasteiger partial charge is 0.315 e. The summed E-state index contributed by atoms with van der Waals surface area (Å²) in [6, 6.07) is 7.56. The molecule has 4 nitrogen and oxygen atoms in total. The molecule has 1 aliphatic heterocycles. The average Bonchev–Trinajstić information content (AvgIpc) is 2.33. The van der Waals surface area contributed by atoms with E-state index < -0.39 is 0 Å². The monoisotopic (exact) mass is 323 g/mol. The Bertz CT molecular complexity index is 526. The summed E-state index contributed by atoms with van der Waals surface area (Å²) in [6.07, 6.45) is 1.83. The summed E-state index contributed by atoms with van der Waals surface area (Å²) in [4.78, 5) is 12.1. The van der Waals surface area contributed by atoms with E-state index in [0.29, 0.717) is 11.6 Å². The summed E-state index contributed by atoms with van der Waals surface area (Å²) >= 11 is 6.09. The van der Waals surface area contributed by atoms with Crippen LogP contribution in [0.5, 0.6) is 0 Å². The molecule has 2 amide bonds. The number of piperidine rings is 1. The maximum Gasteiger partial charge on any atom is 0.315 e. The molecule has 0 aliphatic carbocycles. The van der Waals surface area contributed by atoms with Crippen molar-refractivity contribution in [2.24, 2.45) is 0 Å². The molecule has 122 valence electrons. The zero-order chi connectivity index (χ0) is 16.4. The molecule has 1 aromatic carbocycles. The van der Waals surface area contributed by atoms with Crippen LogP contribution >= 0.6 is 11.6 Å². The minimum atomic E-state index is -0.140. The van der Waals surface area contributed by atoms with Gasteiger partial charge in [0.25, 0.3) is 0 Å². The molecule has 0 spiro atoms. The fourth-order valence-electron chi connectivity index (χ4n) is 3.48. The molecule has 0 unspecified atom stereocenters. The van der Waals surface area contributed by atoms with Crippen molar-refractivity contribution in [3.05, 3.63) is 34.9 Å². The van der Waals surface area contributed by atoms with Crippen molar-refractivity contribution in [1.82, 2.24) is 16.0 Å². The highest BCUT2D eigenvalue weighted by atomic mass is 35.5. The molecule has 22 heavy (non-hydrogen) atoms. The van der Waals surface area contributed by atoms with Gasteiger partial charge in [0.15, 0.2) is 0 Å². The third-order valence-electron chi connectivity index (χ3n) is 3.92. The Morgan fingerprint density at radius 1 is 1.23 bits per heavy atom. The van der Waals surface area contributed by atoms with E-state index in [1.165, 1.54) is 0 Å². The first-order chi connectivity index (χ1) is 10.2. The van der Waals surface area contributed by atoms with Gasteiger partial charge >= 0.3 is 6.03 Å². The lowest BCUT2D eigenvalue weighted by Gasteiger charge is -2.46. The van der Waals surface area contributed by atoms with Gasteiger partial charge in [-0.05, 0) is 52.2 Å². The van der Waals surface area contributed by atoms with Crippen LogP contribution in [0, 0.1) is 0 Å². The maximum atomic E-state index is 12.1. The highest BCUT2D eigenvalue weighted by molar-refractivity contribution is 6.31. The number of amides is 2. The number of nitrogens with one attached hydrogen (secondary N) is 3. The van der Waals surface area contributed by atoms with Crippen LogP contribution in [0.3, 0.4) is 0 Å². The van der Waals surface area contributed by atoms with E-state index in [2.05, 4.69) is 43.6 Å². The number of hydrogen-bond donors (Lipinski definition) is 3. The largest absolute Gasteiger partial charge is 0.335 e. The van der Waals surface area contributed by atoms with E-state index in [0.717, 1.165) is 18.4 Å². The molecular formula is C17H26ClN3O. The highest BCUT2D eigenvalue weighted by Gasteiger charge is 2.38. The third kappa shape index (κ3) is 4.89. The van der Waals surface area contributed by atoms with E-state index in [1.54, 1.807) is 0 Å². The first kappa shape index (κ1) is 17.1. The Kier molecular flexibility index (Phi) is 5.03. The van der Waals surface area contributed by atoms with Crippen LogP contribution in [0.2, 0.25) is 5.02 Å². The second kappa shape index (κ2) is 6.47. The topological polar surface area (TPSA) is 53.2 Å². The maximum absolute atomic E-state index is 12.1. The van der Waals surface area contributed by atoms with Gasteiger partial charge in [-0.15, -0.1) is 0 Å². The molecule has 0 aromatic heterocycles. The molecule has 1 fully saturated rings. The average molecular weight is 324 g/mol. The molecule has 1 aliphatic rings. The highest BCUT2D eigenvalue weighted by Crippen LogP contribution is 2.28. The predicted octanol–water partition coefficient (Wildman–Crippen LogP) is 3.45. The van der Waals surface area contributed by atoms with Crippen molar-refractivity contribution in [3.63, 3.8) is 0 Å². The Balaban J connectivity index is 1.88. The second-order valence-corrected chi connectivity index (χ2v) is 7.82. The number of rotatable bonds is 3. The Morgan fingerprint density at radius 2 is 1.82 bits per heavy atom. The van der Waals surface area contributed by atoms with Gasteiger partial charge in [-0.2, -0.15) is 0 Å². The fraction of sp³-hybridized carbons (Fsp3) is 0.588. The van der Waals surface area contributed by atoms with Crippen LogP contribution in [0.25, 0.3) is 0 Å². The Labute approximate surface area is 138 Å². The van der Waals surface area contributed by atoms with E-state index in [1.807, 2.05) is 24.3 Å². The van der Waals surface area contributed by atoms with Crippen LogP contribution in [0.15, 0.2) is 24.3 Å². The van der Waals surface area contributed by atoms with E-state index in [-0.39, 0.29) is 23.2 Å². The van der Waals surface area contributed by atoms with Gasteiger partial charge in [0.05, 0.1) is 0 Å². The first-order valence-electron chi connectivity index (χ1n) is 7.74. The number of halogens is 1. The van der Waals surface area contributed by atoms with Gasteiger partial charge in [-0.25, -0.2) is 4.79 Å². The van der Waals surface area contributed by atoms with Gasteiger partial charge in [-0.3, -0.25) is 0 Å². The van der Waals surface area contributed by atoms with Gasteiger partial charge in [-0.1, -0.05) is 29.8 Å². The number of benzene rings is 1. The molecule has 1 heterocycles. The number of carbonyl (C=O) groups excluding carboxylic acids is 1. The lowest BCUT2D eigenvalue weighted by atomic mass is 9.80. The van der Waals surface area contributed by atoms with Gasteiger partial charge in [0, 0.05) is 28.7 Å². The molecule has 1 saturated heterocycles. The SMILES string of the molecule is CC1(C)CC(NC(=O)NCc2ccccc2Cl)CC(C)(C)N1. The Morgan fingerprint density at radius 3 is 2.41 bits per heavy atom. The predicted molar refractivity (Wildman–Crippen MR) is 91.1 cm³/mol. The molecule has 0 bridgehead atoms. The van der Waals surface area contributed by atoms with E-state index in [9.17, 15) is 4.79 Å². The zero-order valence-corrected chi connectivity index (χ0v) is 14.6. The molecule has 3 N–H and O–H groups in total. The fourth-order valence-corrected chi connectivity index (χ4v) is 3.68. The minimum absolute atomic E-state index is 0.0163. The van der Waals surface area contributed by atoms with Crippen molar-refractivity contribution >= 4 is 17.6 Å². The van der Waals surface area contributed by atoms with Gasteiger partial charge in [0.2, 0.25) is 0 Å². The van der Waals surface area contributed by atoms with Crippen molar-refractivity contribution in [2.75, 3.05) is 0 Å². The third-order valence-corrected chi connectivity index (χ3v) is 4.29. The molecular weight excluding hydrogens is 298 g/mol. The number of urea groups is 1. The number of hydrogen-bond acceptors (Lipinski definition) is 2. The second-order valence-electron chi connectivity index (χ2n) is 7.42. The first-order valence-corrected chi connectivity index (χ1v) is 8.12. The summed E-state index contributed by atoms with van der Waals surface area (Å²) in [5.74, 6) is 0. The van der Waals surface area contributed by atoms with Crippen molar-refractivity contribution in [1.29, 1.82) is 0 Å². The Hall–Kier alpha value is -1.26. The standard InChI is InChI=1S/C17H26ClN3O/c1-16(2)9-13(10-17(3,4)21-16)20-15(22)19-11-12-7-5-6-8-14(12)18/h5-8,13,21H,9-11H2,1-4H3,(H2,19,20,22). The van der Waals surface area contributed by atoms with Gasteiger partial charge in [0.1, 0.15) is 0 Å². The molecule has 2 rings (SSSR count). The molecule has 1 aromatic rings. The summed E-state index contributed by atoms with van der Waals surface area (Å²) in [5, 5.41) is 10.3. The van der Waals surface area contributed by atoms with Gasteiger partial charge < -0.3 is 16.0 Å². The van der Waals surface area contributed by atoms with Crippen LogP contribution in [0.4, 0.5) is 4.79 Å². The van der Waals surface area contributed by atoms with Crippen molar-refractivity contribution in [3.8, 4) is 0 Å². The zero-order valence-electron chi connectivity index (χ0n) is 13.8. The van der Waals surface area contributed by atoms with E-state index >= 15 is 0 Å². The van der Waals surface area contributed by atoms with Crippen LogP contribution in [-0.4, -0.2) is 23.2 Å². The van der Waals surface area contributed by atoms with Crippen molar-refractivity contribution in [2.45, 2.75) is 64.2 Å². The summed E-state index contributed by atoms with van der Waals surface area (Å²) < 4.78 is 0. The van der Waals surface area contributed by atoms with Crippen LogP contribution in [0.1, 0.15) is 46.1 Å². The summed E-state index contributed by atoms with van der Waals surface area (Å²) in [5.41, 5.74) is 0.954. The molecule has 0 saturated carbocycles. The van der Waals surface area contributed by atoms with Crippen LogP contribution in [-0.2, 0) is 6.54 Å².